The minimum absolute atomic E-state index is 0. The number of rotatable bonds is 5. The molecule has 1 aromatic rings. The average molecular weight is 467 g/mol. The van der Waals surface area contributed by atoms with Crippen LogP contribution in [-0.2, 0) is 6.54 Å². The summed E-state index contributed by atoms with van der Waals surface area (Å²) in [5.41, 5.74) is 1.93. The minimum atomic E-state index is -0.601. The molecule has 1 aliphatic heterocycles. The molecule has 1 aliphatic rings. The van der Waals surface area contributed by atoms with Crippen LogP contribution in [0.25, 0.3) is 0 Å². The summed E-state index contributed by atoms with van der Waals surface area (Å²) in [6.45, 7) is 3.38. The zero-order chi connectivity index (χ0) is 16.0. The van der Waals surface area contributed by atoms with E-state index in [2.05, 4.69) is 47.0 Å². The maximum Gasteiger partial charge on any atom is 0.191 e. The van der Waals surface area contributed by atoms with Crippen LogP contribution >= 0.6 is 47.5 Å². The van der Waals surface area contributed by atoms with Crippen LogP contribution in [0.15, 0.2) is 28.1 Å². The molecule has 1 aromatic carbocycles. The first-order valence-electron chi connectivity index (χ1n) is 7.44. The summed E-state index contributed by atoms with van der Waals surface area (Å²) in [5.74, 6) is 2.56. The standard InChI is InChI=1S/C16H25N3OS2.HI/c1-12-4-5-13(14(8-12)21-3)9-18-15(17-2)19-10-16(20)6-7-22-11-16;/h4-5,8,20H,6-7,9-11H2,1-3H3,(H2,17,18,19);1H. The smallest absolute Gasteiger partial charge is 0.191 e. The zero-order valence-corrected chi connectivity index (χ0v) is 17.9. The zero-order valence-electron chi connectivity index (χ0n) is 13.9. The summed E-state index contributed by atoms with van der Waals surface area (Å²) >= 11 is 3.56. The number of aliphatic hydroxyl groups is 1. The lowest BCUT2D eigenvalue weighted by Crippen LogP contribution is -2.47. The Balaban J connectivity index is 0.00000264. The van der Waals surface area contributed by atoms with Crippen LogP contribution in [0.5, 0.6) is 0 Å². The lowest BCUT2D eigenvalue weighted by Gasteiger charge is -2.23. The number of halogens is 1. The topological polar surface area (TPSA) is 56.7 Å². The molecule has 7 heteroatoms. The van der Waals surface area contributed by atoms with E-state index in [1.54, 1.807) is 30.6 Å². The Morgan fingerprint density at radius 2 is 2.22 bits per heavy atom. The van der Waals surface area contributed by atoms with Crippen molar-refractivity contribution in [1.29, 1.82) is 0 Å². The molecule has 3 N–H and O–H groups in total. The van der Waals surface area contributed by atoms with Gasteiger partial charge in [-0.15, -0.1) is 35.7 Å². The van der Waals surface area contributed by atoms with Crippen LogP contribution in [0.2, 0.25) is 0 Å². The molecule has 0 bridgehead atoms. The van der Waals surface area contributed by atoms with E-state index < -0.39 is 5.60 Å². The van der Waals surface area contributed by atoms with Gasteiger partial charge in [-0.3, -0.25) is 4.99 Å². The van der Waals surface area contributed by atoms with Crippen molar-refractivity contribution >= 4 is 53.5 Å². The molecule has 0 radical (unpaired) electrons. The summed E-state index contributed by atoms with van der Waals surface area (Å²) in [6, 6.07) is 6.49. The predicted octanol–water partition coefficient (Wildman–Crippen LogP) is 2.87. The Bertz CT molecular complexity index is 534. The summed E-state index contributed by atoms with van der Waals surface area (Å²) in [5, 5.41) is 16.9. The first-order chi connectivity index (χ1) is 10.6. The van der Waals surface area contributed by atoms with Crippen LogP contribution in [0, 0.1) is 6.92 Å². The first kappa shape index (κ1) is 20.9. The molecular weight excluding hydrogens is 441 g/mol. The Morgan fingerprint density at radius 1 is 1.43 bits per heavy atom. The second-order valence-corrected chi connectivity index (χ2v) is 7.57. The van der Waals surface area contributed by atoms with E-state index in [0.717, 1.165) is 30.4 Å². The van der Waals surface area contributed by atoms with E-state index in [-0.39, 0.29) is 24.0 Å². The lowest BCUT2D eigenvalue weighted by molar-refractivity contribution is 0.0724. The number of thioether (sulfide) groups is 2. The van der Waals surface area contributed by atoms with E-state index in [1.807, 2.05) is 0 Å². The van der Waals surface area contributed by atoms with Crippen molar-refractivity contribution in [2.45, 2.75) is 30.4 Å². The van der Waals surface area contributed by atoms with Crippen molar-refractivity contribution in [2.24, 2.45) is 4.99 Å². The second kappa shape index (κ2) is 10.0. The summed E-state index contributed by atoms with van der Waals surface area (Å²) in [4.78, 5) is 5.52. The number of aliphatic imine (C=N–C) groups is 1. The fourth-order valence-corrected chi connectivity index (χ4v) is 4.38. The average Bonchev–Trinajstić information content (AvgIpc) is 2.95. The number of nitrogens with one attached hydrogen (secondary N) is 2. The van der Waals surface area contributed by atoms with Crippen LogP contribution in [0.3, 0.4) is 0 Å². The molecule has 23 heavy (non-hydrogen) atoms. The number of hydrogen-bond donors (Lipinski definition) is 3. The van der Waals surface area contributed by atoms with Gasteiger partial charge in [0.1, 0.15) is 0 Å². The van der Waals surface area contributed by atoms with Gasteiger partial charge >= 0.3 is 0 Å². The maximum absolute atomic E-state index is 10.4. The van der Waals surface area contributed by atoms with E-state index >= 15 is 0 Å². The van der Waals surface area contributed by atoms with Crippen molar-refractivity contribution in [1.82, 2.24) is 10.6 Å². The van der Waals surface area contributed by atoms with Gasteiger partial charge in [-0.25, -0.2) is 0 Å². The molecule has 1 unspecified atom stereocenters. The molecule has 1 fully saturated rings. The van der Waals surface area contributed by atoms with Crippen LogP contribution in [0.1, 0.15) is 17.5 Å². The Hall–Kier alpha value is -0.120. The second-order valence-electron chi connectivity index (χ2n) is 5.62. The van der Waals surface area contributed by atoms with Gasteiger partial charge in [-0.2, -0.15) is 11.8 Å². The third-order valence-electron chi connectivity index (χ3n) is 3.78. The molecule has 1 atom stereocenters. The van der Waals surface area contributed by atoms with E-state index in [4.69, 9.17) is 0 Å². The van der Waals surface area contributed by atoms with Gasteiger partial charge < -0.3 is 15.7 Å². The fourth-order valence-electron chi connectivity index (χ4n) is 2.38. The van der Waals surface area contributed by atoms with Gasteiger partial charge in [0.15, 0.2) is 5.96 Å². The summed E-state index contributed by atoms with van der Waals surface area (Å²) in [6.07, 6.45) is 2.94. The van der Waals surface area contributed by atoms with Gasteiger partial charge in [0.2, 0.25) is 0 Å². The minimum Gasteiger partial charge on any atom is -0.387 e. The normalized spacial score (nSPS) is 21.0. The lowest BCUT2D eigenvalue weighted by atomic mass is 10.0. The quantitative estimate of drug-likeness (QED) is 0.269. The van der Waals surface area contributed by atoms with Gasteiger partial charge in [0.05, 0.1) is 5.60 Å². The highest BCUT2D eigenvalue weighted by molar-refractivity contribution is 14.0. The molecule has 130 valence electrons. The van der Waals surface area contributed by atoms with E-state index in [9.17, 15) is 5.11 Å². The van der Waals surface area contributed by atoms with E-state index in [1.165, 1.54) is 16.0 Å². The highest BCUT2D eigenvalue weighted by atomic mass is 127. The van der Waals surface area contributed by atoms with Crippen LogP contribution < -0.4 is 10.6 Å². The van der Waals surface area contributed by atoms with Crippen molar-refractivity contribution in [2.75, 3.05) is 31.4 Å². The number of hydrogen-bond acceptors (Lipinski definition) is 4. The molecule has 2 rings (SSSR count). The number of nitrogens with zero attached hydrogens (tertiary/aromatic N) is 1. The Kier molecular flexibility index (Phi) is 9.10. The number of benzene rings is 1. The van der Waals surface area contributed by atoms with Crippen molar-refractivity contribution in [3.8, 4) is 0 Å². The molecule has 0 aliphatic carbocycles. The van der Waals surface area contributed by atoms with Crippen LogP contribution in [-0.4, -0.2) is 48.0 Å². The molecule has 0 spiro atoms. The third kappa shape index (κ3) is 6.36. The van der Waals surface area contributed by atoms with Crippen molar-refractivity contribution in [3.05, 3.63) is 29.3 Å². The molecule has 4 nitrogen and oxygen atoms in total. The molecular formula is C16H26IN3OS2. The maximum atomic E-state index is 10.4. The predicted molar refractivity (Wildman–Crippen MR) is 113 cm³/mol. The molecule has 0 saturated carbocycles. The Labute approximate surface area is 164 Å². The molecule has 1 heterocycles. The molecule has 0 aromatic heterocycles. The highest BCUT2D eigenvalue weighted by Gasteiger charge is 2.31. The van der Waals surface area contributed by atoms with Gasteiger partial charge in [0.25, 0.3) is 0 Å². The van der Waals surface area contributed by atoms with E-state index in [0.29, 0.717) is 6.54 Å². The van der Waals surface area contributed by atoms with Gasteiger partial charge in [-0.1, -0.05) is 12.1 Å². The third-order valence-corrected chi connectivity index (χ3v) is 5.83. The summed E-state index contributed by atoms with van der Waals surface area (Å²) < 4.78 is 0. The summed E-state index contributed by atoms with van der Waals surface area (Å²) in [7, 11) is 1.76. The van der Waals surface area contributed by atoms with Crippen LogP contribution in [0.4, 0.5) is 0 Å². The monoisotopic (exact) mass is 467 g/mol. The van der Waals surface area contributed by atoms with Gasteiger partial charge in [-0.05, 0) is 42.5 Å². The van der Waals surface area contributed by atoms with Gasteiger partial charge in [0, 0.05) is 30.8 Å². The SMILES string of the molecule is CN=C(NCc1ccc(C)cc1SC)NCC1(O)CCSC1.I. The largest absolute Gasteiger partial charge is 0.387 e. The number of aryl methyl sites for hydroxylation is 1. The first-order valence-corrected chi connectivity index (χ1v) is 9.82. The number of guanidine groups is 1. The van der Waals surface area contributed by atoms with Crippen molar-refractivity contribution in [3.63, 3.8) is 0 Å². The fraction of sp³-hybridized carbons (Fsp3) is 0.562. The highest BCUT2D eigenvalue weighted by Crippen LogP contribution is 2.27. The molecule has 0 amide bonds. The Morgan fingerprint density at radius 3 is 2.83 bits per heavy atom. The van der Waals surface area contributed by atoms with Crippen molar-refractivity contribution < 1.29 is 5.11 Å². The molecule has 1 saturated heterocycles.